The van der Waals surface area contributed by atoms with E-state index < -0.39 is 0 Å². The number of halogens is 2. The summed E-state index contributed by atoms with van der Waals surface area (Å²) in [7, 11) is 1.73. The predicted octanol–water partition coefficient (Wildman–Crippen LogP) is 1.89. The lowest BCUT2D eigenvalue weighted by Crippen LogP contribution is -2.25. The van der Waals surface area contributed by atoms with Gasteiger partial charge in [0.25, 0.3) is 0 Å². The maximum absolute atomic E-state index is 12.8. The molecule has 0 saturated carbocycles. The third-order valence-electron chi connectivity index (χ3n) is 1.35. The van der Waals surface area contributed by atoms with Crippen LogP contribution in [0, 0.1) is 5.82 Å². The summed E-state index contributed by atoms with van der Waals surface area (Å²) in [5.41, 5.74) is 0.854. The molecule has 0 saturated heterocycles. The molecule has 0 heterocycles. The van der Waals surface area contributed by atoms with Crippen LogP contribution in [-0.4, -0.2) is 12.1 Å². The molecular weight excluding hydrogens is 223 g/mol. The normalized spacial score (nSPS) is 10.8. The molecule has 0 aromatic heterocycles. The van der Waals surface area contributed by atoms with Gasteiger partial charge in [-0.2, -0.15) is 0 Å². The molecular formula is C8H10BrFN2. The van der Waals surface area contributed by atoms with Crippen molar-refractivity contribution in [2.24, 2.45) is 5.84 Å². The number of hydrogen-bond acceptors (Lipinski definition) is 2. The molecule has 0 unspecified atom stereocenters. The first kappa shape index (κ1) is 9.64. The summed E-state index contributed by atoms with van der Waals surface area (Å²) in [6.07, 6.45) is 0. The van der Waals surface area contributed by atoms with Gasteiger partial charge >= 0.3 is 0 Å². The monoisotopic (exact) mass is 232 g/mol. The Hall–Kier alpha value is -0.450. The average molecular weight is 233 g/mol. The van der Waals surface area contributed by atoms with E-state index in [1.165, 1.54) is 17.1 Å². The smallest absolute Gasteiger partial charge is 0.124 e. The summed E-state index contributed by atoms with van der Waals surface area (Å²) in [5, 5.41) is 1.50. The molecule has 2 nitrogen and oxygen atoms in total. The number of hydrazine groups is 1. The molecule has 0 amide bonds. The van der Waals surface area contributed by atoms with Crippen molar-refractivity contribution in [1.82, 2.24) is 5.01 Å². The van der Waals surface area contributed by atoms with E-state index in [0.717, 1.165) is 10.0 Å². The quantitative estimate of drug-likeness (QED) is 0.624. The van der Waals surface area contributed by atoms with Crippen LogP contribution in [0.15, 0.2) is 22.7 Å². The number of hydrogen-bond donors (Lipinski definition) is 1. The molecule has 1 aromatic rings. The molecule has 1 aromatic carbocycles. The molecule has 0 aliphatic heterocycles. The average Bonchev–Trinajstić information content (AvgIpc) is 1.81. The Morgan fingerprint density at radius 1 is 1.50 bits per heavy atom. The van der Waals surface area contributed by atoms with E-state index in [-0.39, 0.29) is 5.82 Å². The Morgan fingerprint density at radius 3 is 2.67 bits per heavy atom. The van der Waals surface area contributed by atoms with E-state index in [1.807, 2.05) is 6.07 Å². The standard InChI is InChI=1S/C8H10BrFN2/c1-12(11)5-6-2-7(9)4-8(10)3-6/h2-4H,5,11H2,1H3. The zero-order chi connectivity index (χ0) is 9.14. The fourth-order valence-electron chi connectivity index (χ4n) is 0.990. The van der Waals surface area contributed by atoms with E-state index in [4.69, 9.17) is 5.84 Å². The molecule has 0 spiro atoms. The van der Waals surface area contributed by atoms with Crippen LogP contribution in [0.25, 0.3) is 0 Å². The summed E-state index contributed by atoms with van der Waals surface area (Å²) in [6.45, 7) is 0.538. The molecule has 0 bridgehead atoms. The predicted molar refractivity (Wildman–Crippen MR) is 49.8 cm³/mol. The molecule has 0 fully saturated rings. The van der Waals surface area contributed by atoms with Crippen LogP contribution in [-0.2, 0) is 6.54 Å². The summed E-state index contributed by atoms with van der Waals surface area (Å²) in [4.78, 5) is 0. The van der Waals surface area contributed by atoms with Crippen molar-refractivity contribution < 1.29 is 4.39 Å². The summed E-state index contributed by atoms with van der Waals surface area (Å²) in [6, 6.07) is 4.72. The van der Waals surface area contributed by atoms with E-state index in [9.17, 15) is 4.39 Å². The van der Waals surface area contributed by atoms with Crippen molar-refractivity contribution in [3.8, 4) is 0 Å². The van der Waals surface area contributed by atoms with Gasteiger partial charge in [0.05, 0.1) is 0 Å². The van der Waals surface area contributed by atoms with Crippen molar-refractivity contribution in [2.45, 2.75) is 6.54 Å². The molecule has 0 aliphatic rings. The number of rotatable bonds is 2. The second-order valence-corrected chi connectivity index (χ2v) is 3.61. The third kappa shape index (κ3) is 2.89. The SMILES string of the molecule is CN(N)Cc1cc(F)cc(Br)c1. The van der Waals surface area contributed by atoms with Crippen molar-refractivity contribution in [2.75, 3.05) is 7.05 Å². The van der Waals surface area contributed by atoms with E-state index in [1.54, 1.807) is 7.05 Å². The molecule has 0 aliphatic carbocycles. The first-order valence-corrected chi connectivity index (χ1v) is 4.28. The maximum Gasteiger partial charge on any atom is 0.124 e. The van der Waals surface area contributed by atoms with E-state index in [2.05, 4.69) is 15.9 Å². The number of nitrogens with zero attached hydrogens (tertiary/aromatic N) is 1. The highest BCUT2D eigenvalue weighted by Gasteiger charge is 1.99. The number of benzene rings is 1. The molecule has 2 N–H and O–H groups in total. The van der Waals surface area contributed by atoms with Gasteiger partial charge < -0.3 is 0 Å². The molecule has 66 valence electrons. The van der Waals surface area contributed by atoms with Crippen molar-refractivity contribution in [3.05, 3.63) is 34.1 Å². The van der Waals surface area contributed by atoms with Gasteiger partial charge in [-0.25, -0.2) is 9.40 Å². The van der Waals surface area contributed by atoms with Gasteiger partial charge in [-0.05, 0) is 23.8 Å². The van der Waals surface area contributed by atoms with Gasteiger partial charge in [0.1, 0.15) is 5.82 Å². The Balaban J connectivity index is 2.85. The molecule has 12 heavy (non-hydrogen) atoms. The Kier molecular flexibility index (Phi) is 3.20. The Labute approximate surface area is 79.3 Å². The second-order valence-electron chi connectivity index (χ2n) is 2.69. The highest BCUT2D eigenvalue weighted by atomic mass is 79.9. The lowest BCUT2D eigenvalue weighted by Gasteiger charge is -2.09. The third-order valence-corrected chi connectivity index (χ3v) is 1.81. The van der Waals surface area contributed by atoms with Crippen LogP contribution in [0.3, 0.4) is 0 Å². The van der Waals surface area contributed by atoms with Crippen molar-refractivity contribution in [1.29, 1.82) is 0 Å². The Bertz CT molecular complexity index is 256. The first-order chi connectivity index (χ1) is 5.58. The van der Waals surface area contributed by atoms with Crippen LogP contribution in [0.2, 0.25) is 0 Å². The summed E-state index contributed by atoms with van der Waals surface area (Å²) in [5.74, 6) is 5.17. The molecule has 4 heteroatoms. The van der Waals surface area contributed by atoms with Gasteiger partial charge in [-0.1, -0.05) is 15.9 Å². The molecule has 1 rings (SSSR count). The first-order valence-electron chi connectivity index (χ1n) is 3.49. The minimum absolute atomic E-state index is 0.249. The van der Waals surface area contributed by atoms with Gasteiger partial charge in [-0.15, -0.1) is 0 Å². The van der Waals surface area contributed by atoms with Gasteiger partial charge in [-0.3, -0.25) is 5.84 Å². The van der Waals surface area contributed by atoms with E-state index in [0.29, 0.717) is 6.54 Å². The minimum atomic E-state index is -0.249. The Morgan fingerprint density at radius 2 is 2.17 bits per heavy atom. The van der Waals surface area contributed by atoms with Crippen LogP contribution >= 0.6 is 15.9 Å². The zero-order valence-corrected chi connectivity index (χ0v) is 8.31. The zero-order valence-electron chi connectivity index (χ0n) is 6.72. The highest BCUT2D eigenvalue weighted by molar-refractivity contribution is 9.10. The van der Waals surface area contributed by atoms with Crippen LogP contribution in [0.1, 0.15) is 5.56 Å². The number of nitrogens with two attached hydrogens (primary N) is 1. The molecule has 0 radical (unpaired) electrons. The topological polar surface area (TPSA) is 29.3 Å². The fourth-order valence-corrected chi connectivity index (χ4v) is 1.50. The molecule has 0 atom stereocenters. The van der Waals surface area contributed by atoms with Gasteiger partial charge in [0.15, 0.2) is 0 Å². The second kappa shape index (κ2) is 3.98. The fraction of sp³-hybridized carbons (Fsp3) is 0.250. The summed E-state index contributed by atoms with van der Waals surface area (Å²) >= 11 is 3.20. The van der Waals surface area contributed by atoms with Crippen LogP contribution in [0.4, 0.5) is 4.39 Å². The lowest BCUT2D eigenvalue weighted by atomic mass is 10.2. The van der Waals surface area contributed by atoms with E-state index >= 15 is 0 Å². The van der Waals surface area contributed by atoms with Crippen molar-refractivity contribution >= 4 is 15.9 Å². The summed E-state index contributed by atoms with van der Waals surface area (Å²) < 4.78 is 13.5. The van der Waals surface area contributed by atoms with Crippen molar-refractivity contribution in [3.63, 3.8) is 0 Å². The minimum Gasteiger partial charge on any atom is -0.269 e. The maximum atomic E-state index is 12.8. The van der Waals surface area contributed by atoms with Gasteiger partial charge in [0, 0.05) is 18.1 Å². The van der Waals surface area contributed by atoms with Crippen LogP contribution < -0.4 is 5.84 Å². The van der Waals surface area contributed by atoms with Gasteiger partial charge in [0.2, 0.25) is 0 Å². The largest absolute Gasteiger partial charge is 0.269 e. The van der Waals surface area contributed by atoms with Crippen LogP contribution in [0.5, 0.6) is 0 Å². The highest BCUT2D eigenvalue weighted by Crippen LogP contribution is 2.15. The lowest BCUT2D eigenvalue weighted by molar-refractivity contribution is 0.341.